The van der Waals surface area contributed by atoms with E-state index in [-0.39, 0.29) is 17.7 Å². The molecule has 0 aliphatic heterocycles. The lowest BCUT2D eigenvalue weighted by Crippen LogP contribution is -2.55. The first-order valence-electron chi connectivity index (χ1n) is 10.5. The Kier molecular flexibility index (Phi) is 10.8. The fourth-order valence-corrected chi connectivity index (χ4v) is 3.21. The zero-order valence-corrected chi connectivity index (χ0v) is 18.6. The Morgan fingerprint density at radius 2 is 1.33 bits per heavy atom. The van der Waals surface area contributed by atoms with Crippen molar-refractivity contribution in [3.05, 3.63) is 35.9 Å². The summed E-state index contributed by atoms with van der Waals surface area (Å²) in [6.45, 7) is 9.18. The minimum atomic E-state index is -0.792. The zero-order chi connectivity index (χ0) is 22.7. The van der Waals surface area contributed by atoms with E-state index in [1.807, 2.05) is 58.0 Å². The van der Waals surface area contributed by atoms with Crippen molar-refractivity contribution in [3.8, 4) is 0 Å². The van der Waals surface area contributed by atoms with Gasteiger partial charge in [0.2, 0.25) is 17.7 Å². The fraction of sp³-hybridized carbons (Fsp3) is 0.565. The average molecular weight is 418 g/mol. The highest BCUT2D eigenvalue weighted by Crippen LogP contribution is 2.10. The van der Waals surface area contributed by atoms with E-state index in [2.05, 4.69) is 16.0 Å². The van der Waals surface area contributed by atoms with Crippen LogP contribution in [-0.4, -0.2) is 42.1 Å². The summed E-state index contributed by atoms with van der Waals surface area (Å²) in [5.74, 6) is -0.768. The van der Waals surface area contributed by atoms with Gasteiger partial charge in [0, 0.05) is 6.92 Å². The van der Waals surface area contributed by atoms with Crippen LogP contribution in [0, 0.1) is 11.8 Å². The molecule has 0 radical (unpaired) electrons. The van der Waals surface area contributed by atoms with Crippen LogP contribution in [0.25, 0.3) is 0 Å². The van der Waals surface area contributed by atoms with Crippen LogP contribution >= 0.6 is 0 Å². The molecule has 7 nitrogen and oxygen atoms in total. The Bertz CT molecular complexity index is 704. The Morgan fingerprint density at radius 3 is 1.80 bits per heavy atom. The van der Waals surface area contributed by atoms with Crippen molar-refractivity contribution in [1.82, 2.24) is 16.0 Å². The fourth-order valence-electron chi connectivity index (χ4n) is 3.21. The standard InChI is InChI=1S/C23H35N3O4/c1-15(2)11-20(24-17(5)28)23(30)26-21(12-16(3)4)22(29)25-19(14-27)13-18-9-7-6-8-10-18/h6-10,14-16,19-21H,11-13H2,1-5H3,(H,24,28)(H,25,29)(H,26,30)/t19-,20-,21-/m0/s1. The van der Waals surface area contributed by atoms with Gasteiger partial charge in [-0.2, -0.15) is 0 Å². The molecule has 30 heavy (non-hydrogen) atoms. The first kappa shape index (κ1) is 25.3. The molecule has 1 aromatic carbocycles. The second-order valence-electron chi connectivity index (χ2n) is 8.51. The number of benzene rings is 1. The van der Waals surface area contributed by atoms with Crippen molar-refractivity contribution in [3.63, 3.8) is 0 Å². The Hall–Kier alpha value is -2.70. The summed E-state index contributed by atoms with van der Waals surface area (Å²) in [4.78, 5) is 48.6. The van der Waals surface area contributed by atoms with Gasteiger partial charge in [-0.3, -0.25) is 14.4 Å². The molecule has 0 bridgehead atoms. The third kappa shape index (κ3) is 9.67. The van der Waals surface area contributed by atoms with Gasteiger partial charge in [-0.25, -0.2) is 0 Å². The molecule has 0 saturated heterocycles. The van der Waals surface area contributed by atoms with E-state index in [9.17, 15) is 19.2 Å². The van der Waals surface area contributed by atoms with E-state index in [0.29, 0.717) is 25.5 Å². The maximum Gasteiger partial charge on any atom is 0.243 e. The largest absolute Gasteiger partial charge is 0.345 e. The molecule has 166 valence electrons. The molecular formula is C23H35N3O4. The molecule has 3 atom stereocenters. The van der Waals surface area contributed by atoms with Crippen molar-refractivity contribution < 1.29 is 19.2 Å². The van der Waals surface area contributed by atoms with Crippen LogP contribution < -0.4 is 16.0 Å². The molecule has 0 spiro atoms. The van der Waals surface area contributed by atoms with Crippen molar-refractivity contribution in [2.75, 3.05) is 0 Å². The van der Waals surface area contributed by atoms with Gasteiger partial charge in [-0.1, -0.05) is 58.0 Å². The molecule has 0 aromatic heterocycles. The molecule has 0 saturated carbocycles. The van der Waals surface area contributed by atoms with E-state index >= 15 is 0 Å². The number of hydrogen-bond acceptors (Lipinski definition) is 4. The van der Waals surface area contributed by atoms with Gasteiger partial charge < -0.3 is 20.7 Å². The second kappa shape index (κ2) is 12.8. The maximum atomic E-state index is 12.9. The van der Waals surface area contributed by atoms with E-state index in [1.54, 1.807) is 0 Å². The van der Waals surface area contributed by atoms with Crippen molar-refractivity contribution >= 4 is 24.0 Å². The van der Waals surface area contributed by atoms with Crippen LogP contribution in [0.4, 0.5) is 0 Å². The molecular weight excluding hydrogens is 382 g/mol. The van der Waals surface area contributed by atoms with Crippen LogP contribution in [0.5, 0.6) is 0 Å². The molecule has 0 unspecified atom stereocenters. The van der Waals surface area contributed by atoms with E-state index < -0.39 is 29.9 Å². The molecule has 3 N–H and O–H groups in total. The van der Waals surface area contributed by atoms with Crippen LogP contribution in [-0.2, 0) is 25.6 Å². The number of carbonyl (C=O) groups excluding carboxylic acids is 4. The monoisotopic (exact) mass is 417 g/mol. The van der Waals surface area contributed by atoms with Crippen LogP contribution in [0.3, 0.4) is 0 Å². The summed E-state index contributed by atoms with van der Waals surface area (Å²) in [6.07, 6.45) is 1.97. The molecule has 0 aliphatic rings. The van der Waals surface area contributed by atoms with Crippen LogP contribution in [0.15, 0.2) is 30.3 Å². The SMILES string of the molecule is CC(=O)N[C@@H](CC(C)C)C(=O)N[C@@H](CC(C)C)C(=O)N[C@H](C=O)Cc1ccccc1. The molecule has 7 heteroatoms. The highest BCUT2D eigenvalue weighted by molar-refractivity contribution is 5.92. The van der Waals surface area contributed by atoms with Gasteiger partial charge in [-0.05, 0) is 36.7 Å². The lowest BCUT2D eigenvalue weighted by atomic mass is 9.99. The van der Waals surface area contributed by atoms with E-state index in [4.69, 9.17) is 0 Å². The van der Waals surface area contributed by atoms with Gasteiger partial charge in [0.25, 0.3) is 0 Å². The number of rotatable bonds is 12. The summed E-state index contributed by atoms with van der Waals surface area (Å²) >= 11 is 0. The third-order valence-electron chi connectivity index (χ3n) is 4.53. The lowest BCUT2D eigenvalue weighted by Gasteiger charge is -2.25. The number of carbonyl (C=O) groups is 4. The topological polar surface area (TPSA) is 104 Å². The molecule has 0 heterocycles. The molecule has 1 rings (SSSR count). The Balaban J connectivity index is 2.87. The van der Waals surface area contributed by atoms with Gasteiger partial charge in [0.05, 0.1) is 6.04 Å². The average Bonchev–Trinajstić information content (AvgIpc) is 2.66. The number of aldehydes is 1. The minimum absolute atomic E-state index is 0.147. The van der Waals surface area contributed by atoms with E-state index in [1.165, 1.54) is 6.92 Å². The number of amides is 3. The summed E-state index contributed by atoms with van der Waals surface area (Å²) in [5.41, 5.74) is 0.932. The quantitative estimate of drug-likeness (QED) is 0.452. The van der Waals surface area contributed by atoms with Gasteiger partial charge >= 0.3 is 0 Å². The molecule has 0 aliphatic carbocycles. The Morgan fingerprint density at radius 1 is 0.833 bits per heavy atom. The molecule has 3 amide bonds. The first-order chi connectivity index (χ1) is 14.1. The summed E-state index contributed by atoms with van der Waals surface area (Å²) < 4.78 is 0. The van der Waals surface area contributed by atoms with Crippen molar-refractivity contribution in [1.29, 1.82) is 0 Å². The predicted molar refractivity (Wildman–Crippen MR) is 117 cm³/mol. The zero-order valence-electron chi connectivity index (χ0n) is 18.6. The van der Waals surface area contributed by atoms with Gasteiger partial charge in [0.15, 0.2) is 0 Å². The lowest BCUT2D eigenvalue weighted by molar-refractivity contribution is -0.132. The summed E-state index contributed by atoms with van der Waals surface area (Å²) in [7, 11) is 0. The van der Waals surface area contributed by atoms with E-state index in [0.717, 1.165) is 5.56 Å². The maximum absolute atomic E-state index is 12.9. The van der Waals surface area contributed by atoms with Crippen molar-refractivity contribution in [2.24, 2.45) is 11.8 Å². The third-order valence-corrected chi connectivity index (χ3v) is 4.53. The van der Waals surface area contributed by atoms with Crippen LogP contribution in [0.1, 0.15) is 53.0 Å². The molecule has 0 fully saturated rings. The van der Waals surface area contributed by atoms with Gasteiger partial charge in [-0.15, -0.1) is 0 Å². The Labute approximate surface area is 179 Å². The number of nitrogens with one attached hydrogen (secondary N) is 3. The van der Waals surface area contributed by atoms with Crippen LogP contribution in [0.2, 0.25) is 0 Å². The van der Waals surface area contributed by atoms with Gasteiger partial charge in [0.1, 0.15) is 18.4 Å². The molecule has 1 aromatic rings. The van der Waals surface area contributed by atoms with Crippen molar-refractivity contribution in [2.45, 2.75) is 72.0 Å². The highest BCUT2D eigenvalue weighted by Gasteiger charge is 2.28. The normalized spacial score (nSPS) is 14.0. The summed E-state index contributed by atoms with van der Waals surface area (Å²) in [5, 5.41) is 8.16. The second-order valence-corrected chi connectivity index (χ2v) is 8.51. The highest BCUT2D eigenvalue weighted by atomic mass is 16.2. The number of hydrogen-bond donors (Lipinski definition) is 3. The smallest absolute Gasteiger partial charge is 0.243 e. The predicted octanol–water partition coefficient (Wildman–Crippen LogP) is 1.99. The first-order valence-corrected chi connectivity index (χ1v) is 10.5. The summed E-state index contributed by atoms with van der Waals surface area (Å²) in [6, 6.07) is 7.22. The minimum Gasteiger partial charge on any atom is -0.345 e.